The van der Waals surface area contributed by atoms with Gasteiger partial charge in [0.05, 0.1) is 6.10 Å². The van der Waals surface area contributed by atoms with Crippen LogP contribution in [0, 0.1) is 26.2 Å². The molecule has 1 aromatic carbocycles. The van der Waals surface area contributed by atoms with Crippen LogP contribution in [0.4, 0.5) is 0 Å². The minimum absolute atomic E-state index is 0.0823. The monoisotopic (exact) mass is 376 g/mol. The van der Waals surface area contributed by atoms with Crippen molar-refractivity contribution in [2.24, 2.45) is 5.41 Å². The molecule has 0 amide bonds. The van der Waals surface area contributed by atoms with Gasteiger partial charge in [-0.3, -0.25) is 4.79 Å². The van der Waals surface area contributed by atoms with Crippen LogP contribution in [0.1, 0.15) is 82.1 Å². The molecular formula is C23H36O4. The van der Waals surface area contributed by atoms with Gasteiger partial charge in [-0.1, -0.05) is 26.7 Å². The Balaban J connectivity index is 2.40. The normalized spacial score (nSPS) is 20.6. The molecule has 0 saturated carbocycles. The Morgan fingerprint density at radius 1 is 1.22 bits per heavy atom. The fourth-order valence-electron chi connectivity index (χ4n) is 4.91. The molecule has 2 unspecified atom stereocenters. The Labute approximate surface area is 164 Å². The van der Waals surface area contributed by atoms with Crippen LogP contribution in [-0.4, -0.2) is 23.3 Å². The minimum atomic E-state index is -0.307. The highest BCUT2D eigenvalue weighted by molar-refractivity contribution is 5.62. The molecule has 1 heterocycles. The molecule has 1 N–H and O–H groups in total. The summed E-state index contributed by atoms with van der Waals surface area (Å²) in [5, 5.41) is 10.0. The van der Waals surface area contributed by atoms with Crippen LogP contribution in [-0.2, 0) is 11.2 Å². The molecule has 0 radical (unpaired) electrons. The van der Waals surface area contributed by atoms with Crippen molar-refractivity contribution in [3.05, 3.63) is 22.3 Å². The van der Waals surface area contributed by atoms with E-state index in [-0.39, 0.29) is 17.1 Å². The van der Waals surface area contributed by atoms with Crippen molar-refractivity contribution >= 4 is 6.47 Å². The van der Waals surface area contributed by atoms with Gasteiger partial charge in [-0.05, 0) is 82.4 Å². The highest BCUT2D eigenvalue weighted by Crippen LogP contribution is 2.48. The van der Waals surface area contributed by atoms with Crippen LogP contribution >= 0.6 is 0 Å². The molecule has 0 spiro atoms. The predicted molar refractivity (Wildman–Crippen MR) is 109 cm³/mol. The molecule has 2 rings (SSSR count). The number of aliphatic hydroxyl groups is 1. The zero-order valence-corrected chi connectivity index (χ0v) is 18.1. The Kier molecular flexibility index (Phi) is 6.62. The number of hydrogen-bond acceptors (Lipinski definition) is 4. The molecule has 152 valence electrons. The minimum Gasteiger partial charge on any atom is -0.487 e. The Morgan fingerprint density at radius 2 is 1.85 bits per heavy atom. The smallest absolute Gasteiger partial charge is 0.298 e. The standard InChI is InChI=1S/C23H36O4/c1-8-23(9-2,12-15(3)25)13-22(7)11-10-19-18(6)20(26-14-24)16(4)17(5)21(19)27-22/h14-15,25H,8-13H2,1-7H3. The highest BCUT2D eigenvalue weighted by Gasteiger charge is 2.41. The zero-order chi connectivity index (χ0) is 20.4. The van der Waals surface area contributed by atoms with E-state index >= 15 is 0 Å². The number of hydrogen-bond donors (Lipinski definition) is 1. The first-order chi connectivity index (χ1) is 12.6. The summed E-state index contributed by atoms with van der Waals surface area (Å²) in [4.78, 5) is 10.9. The van der Waals surface area contributed by atoms with Gasteiger partial charge in [0.15, 0.2) is 0 Å². The number of benzene rings is 1. The molecule has 4 heteroatoms. The largest absolute Gasteiger partial charge is 0.487 e. The van der Waals surface area contributed by atoms with E-state index in [0.29, 0.717) is 12.2 Å². The van der Waals surface area contributed by atoms with Crippen molar-refractivity contribution in [2.45, 2.75) is 98.7 Å². The number of aliphatic hydroxyl groups excluding tert-OH is 1. The number of rotatable bonds is 8. The summed E-state index contributed by atoms with van der Waals surface area (Å²) in [7, 11) is 0. The summed E-state index contributed by atoms with van der Waals surface area (Å²) in [5.41, 5.74) is 3.99. The molecule has 1 aliphatic heterocycles. The Bertz CT molecular complexity index is 688. The van der Waals surface area contributed by atoms with Gasteiger partial charge in [0.1, 0.15) is 17.1 Å². The maximum absolute atomic E-state index is 10.9. The topological polar surface area (TPSA) is 55.8 Å². The molecule has 1 aromatic rings. The van der Waals surface area contributed by atoms with E-state index in [1.807, 2.05) is 27.7 Å². The quantitative estimate of drug-likeness (QED) is 0.634. The fourth-order valence-corrected chi connectivity index (χ4v) is 4.91. The second-order valence-corrected chi connectivity index (χ2v) is 8.71. The lowest BCUT2D eigenvalue weighted by Gasteiger charge is -2.45. The van der Waals surface area contributed by atoms with Gasteiger partial charge < -0.3 is 14.6 Å². The van der Waals surface area contributed by atoms with E-state index in [9.17, 15) is 9.90 Å². The number of carbonyl (C=O) groups is 1. The molecule has 4 nitrogen and oxygen atoms in total. The second kappa shape index (κ2) is 8.22. The van der Waals surface area contributed by atoms with Gasteiger partial charge in [-0.2, -0.15) is 0 Å². The van der Waals surface area contributed by atoms with Crippen LogP contribution in [0.2, 0.25) is 0 Å². The third-order valence-corrected chi connectivity index (χ3v) is 6.71. The van der Waals surface area contributed by atoms with Crippen molar-refractivity contribution in [3.63, 3.8) is 0 Å². The van der Waals surface area contributed by atoms with Crippen molar-refractivity contribution in [1.82, 2.24) is 0 Å². The van der Waals surface area contributed by atoms with E-state index in [0.717, 1.165) is 66.5 Å². The molecular weight excluding hydrogens is 340 g/mol. The van der Waals surface area contributed by atoms with Gasteiger partial charge in [-0.25, -0.2) is 0 Å². The van der Waals surface area contributed by atoms with Gasteiger partial charge in [0, 0.05) is 5.56 Å². The third-order valence-electron chi connectivity index (χ3n) is 6.71. The van der Waals surface area contributed by atoms with Crippen molar-refractivity contribution in [3.8, 4) is 11.5 Å². The maximum atomic E-state index is 10.9. The van der Waals surface area contributed by atoms with E-state index < -0.39 is 0 Å². The van der Waals surface area contributed by atoms with Crippen LogP contribution in [0.25, 0.3) is 0 Å². The summed E-state index contributed by atoms with van der Waals surface area (Å²) < 4.78 is 11.9. The molecule has 0 aliphatic carbocycles. The van der Waals surface area contributed by atoms with Gasteiger partial charge in [0.2, 0.25) is 0 Å². The molecule has 0 bridgehead atoms. The average Bonchev–Trinajstić information content (AvgIpc) is 2.62. The summed E-state index contributed by atoms with van der Waals surface area (Å²) in [6, 6.07) is 0. The van der Waals surface area contributed by atoms with E-state index in [1.165, 1.54) is 0 Å². The fraction of sp³-hybridized carbons (Fsp3) is 0.696. The molecule has 0 aromatic heterocycles. The third kappa shape index (κ3) is 4.31. The molecule has 2 atom stereocenters. The number of ether oxygens (including phenoxy) is 2. The molecule has 0 fully saturated rings. The van der Waals surface area contributed by atoms with Gasteiger partial charge in [0.25, 0.3) is 6.47 Å². The summed E-state index contributed by atoms with van der Waals surface area (Å²) in [5.74, 6) is 1.62. The lowest BCUT2D eigenvalue weighted by molar-refractivity contribution is -0.120. The highest BCUT2D eigenvalue weighted by atomic mass is 16.5. The van der Waals surface area contributed by atoms with Gasteiger partial charge >= 0.3 is 0 Å². The maximum Gasteiger partial charge on any atom is 0.298 e. The van der Waals surface area contributed by atoms with Crippen molar-refractivity contribution in [2.75, 3.05) is 0 Å². The Morgan fingerprint density at radius 3 is 2.37 bits per heavy atom. The summed E-state index contributed by atoms with van der Waals surface area (Å²) in [6.45, 7) is 15.0. The van der Waals surface area contributed by atoms with Crippen LogP contribution in [0.15, 0.2) is 0 Å². The lowest BCUT2D eigenvalue weighted by atomic mass is 9.68. The van der Waals surface area contributed by atoms with E-state index in [2.05, 4.69) is 20.8 Å². The Hall–Kier alpha value is -1.55. The number of carbonyl (C=O) groups excluding carboxylic acids is 1. The first kappa shape index (κ1) is 21.7. The van der Waals surface area contributed by atoms with Crippen molar-refractivity contribution < 1.29 is 19.4 Å². The molecule has 1 aliphatic rings. The second-order valence-electron chi connectivity index (χ2n) is 8.71. The first-order valence-corrected chi connectivity index (χ1v) is 10.2. The van der Waals surface area contributed by atoms with E-state index in [1.54, 1.807) is 0 Å². The van der Waals surface area contributed by atoms with Crippen LogP contribution < -0.4 is 9.47 Å². The summed E-state index contributed by atoms with van der Waals surface area (Å²) in [6.07, 6.45) is 5.32. The van der Waals surface area contributed by atoms with Gasteiger partial charge in [-0.15, -0.1) is 0 Å². The lowest BCUT2D eigenvalue weighted by Crippen LogP contribution is -2.43. The predicted octanol–water partition coefficient (Wildman–Crippen LogP) is 5.20. The average molecular weight is 377 g/mol. The van der Waals surface area contributed by atoms with Crippen molar-refractivity contribution in [1.29, 1.82) is 0 Å². The van der Waals surface area contributed by atoms with Crippen LogP contribution in [0.5, 0.6) is 11.5 Å². The molecule has 27 heavy (non-hydrogen) atoms. The SMILES string of the molecule is CCC(CC)(CC(C)O)CC1(C)CCc2c(C)c(OC=O)c(C)c(C)c2O1. The summed E-state index contributed by atoms with van der Waals surface area (Å²) >= 11 is 0. The molecule has 0 saturated heterocycles. The zero-order valence-electron chi connectivity index (χ0n) is 18.1. The van der Waals surface area contributed by atoms with E-state index in [4.69, 9.17) is 9.47 Å². The first-order valence-electron chi connectivity index (χ1n) is 10.2. The number of fused-ring (bicyclic) bond motifs is 1. The van der Waals surface area contributed by atoms with Crippen LogP contribution in [0.3, 0.4) is 0 Å².